The minimum absolute atomic E-state index is 0.314. The molecule has 0 aromatic heterocycles. The van der Waals surface area contributed by atoms with Crippen molar-refractivity contribution in [3.63, 3.8) is 0 Å². The van der Waals surface area contributed by atoms with Crippen LogP contribution in [0.4, 0.5) is 0 Å². The van der Waals surface area contributed by atoms with E-state index < -0.39 is 0 Å². The Morgan fingerprint density at radius 1 is 1.47 bits per heavy atom. The summed E-state index contributed by atoms with van der Waals surface area (Å²) in [7, 11) is 0. The Bertz CT molecular complexity index is 331. The number of benzene rings is 1. The lowest BCUT2D eigenvalue weighted by Gasteiger charge is -2.14. The molecule has 3 heteroatoms. The van der Waals surface area contributed by atoms with E-state index in [2.05, 4.69) is 36.5 Å². The topological polar surface area (TPSA) is 21.3 Å². The summed E-state index contributed by atoms with van der Waals surface area (Å²) in [6, 6.07) is 8.72. The second kappa shape index (κ2) is 6.43. The number of rotatable bonds is 6. The maximum absolute atomic E-state index is 5.50. The minimum atomic E-state index is 0.314. The summed E-state index contributed by atoms with van der Waals surface area (Å²) in [5.41, 5.74) is 1.50. The average molecular weight is 251 g/mol. The van der Waals surface area contributed by atoms with Gasteiger partial charge in [0.25, 0.3) is 0 Å². The van der Waals surface area contributed by atoms with Crippen molar-refractivity contribution in [1.82, 2.24) is 5.32 Å². The van der Waals surface area contributed by atoms with Crippen LogP contribution < -0.4 is 5.32 Å². The van der Waals surface area contributed by atoms with Gasteiger partial charge in [-0.05, 0) is 31.9 Å². The molecule has 0 bridgehead atoms. The van der Waals surface area contributed by atoms with E-state index in [1.807, 2.05) is 18.7 Å². The van der Waals surface area contributed by atoms with Crippen LogP contribution in [0.5, 0.6) is 0 Å². The van der Waals surface area contributed by atoms with Crippen molar-refractivity contribution in [2.45, 2.75) is 36.5 Å². The van der Waals surface area contributed by atoms with Gasteiger partial charge in [0.05, 0.1) is 6.10 Å². The number of ether oxygens (including phenoxy) is 1. The third kappa shape index (κ3) is 3.73. The molecule has 17 heavy (non-hydrogen) atoms. The lowest BCUT2D eigenvalue weighted by atomic mass is 10.1. The van der Waals surface area contributed by atoms with Crippen molar-refractivity contribution >= 4 is 11.8 Å². The zero-order valence-corrected chi connectivity index (χ0v) is 11.4. The largest absolute Gasteiger partial charge is 0.377 e. The summed E-state index contributed by atoms with van der Waals surface area (Å²) >= 11 is 2.00. The number of nitrogens with one attached hydrogen (secondary N) is 1. The first kappa shape index (κ1) is 12.9. The Kier molecular flexibility index (Phi) is 4.89. The van der Waals surface area contributed by atoms with Crippen molar-refractivity contribution in [2.24, 2.45) is 0 Å². The molecular formula is C14H21NOS. The molecule has 0 spiro atoms. The van der Waals surface area contributed by atoms with Crippen LogP contribution in [0.1, 0.15) is 19.4 Å². The number of thioether (sulfide) groups is 1. The minimum Gasteiger partial charge on any atom is -0.377 e. The third-order valence-corrected chi connectivity index (χ3v) is 4.29. The van der Waals surface area contributed by atoms with Gasteiger partial charge in [-0.1, -0.05) is 18.2 Å². The van der Waals surface area contributed by atoms with Crippen LogP contribution in [0, 0.1) is 0 Å². The van der Waals surface area contributed by atoms with Gasteiger partial charge in [0.2, 0.25) is 0 Å². The number of hydrogen-bond acceptors (Lipinski definition) is 3. The molecule has 1 aliphatic rings. The summed E-state index contributed by atoms with van der Waals surface area (Å²) in [6.45, 7) is 6.97. The van der Waals surface area contributed by atoms with E-state index in [1.54, 1.807) is 0 Å². The zero-order chi connectivity index (χ0) is 12.1. The first-order chi connectivity index (χ1) is 8.29. The van der Waals surface area contributed by atoms with Gasteiger partial charge in [0.1, 0.15) is 0 Å². The molecule has 1 aromatic carbocycles. The molecule has 0 aliphatic carbocycles. The molecule has 0 amide bonds. The normalized spacial score (nSPS) is 20.2. The van der Waals surface area contributed by atoms with Gasteiger partial charge in [0.15, 0.2) is 0 Å². The van der Waals surface area contributed by atoms with Crippen LogP contribution in [-0.2, 0) is 11.2 Å². The van der Waals surface area contributed by atoms with Crippen LogP contribution in [0.25, 0.3) is 0 Å². The molecule has 0 radical (unpaired) electrons. The van der Waals surface area contributed by atoms with Crippen LogP contribution in [0.3, 0.4) is 0 Å². The van der Waals surface area contributed by atoms with Gasteiger partial charge in [-0.25, -0.2) is 0 Å². The number of fused-ring (bicyclic) bond motifs is 1. The Morgan fingerprint density at radius 3 is 3.06 bits per heavy atom. The fourth-order valence-electron chi connectivity index (χ4n) is 2.16. The second-order valence-corrected chi connectivity index (χ2v) is 5.82. The van der Waals surface area contributed by atoms with E-state index in [0.29, 0.717) is 11.4 Å². The first-order valence-corrected chi connectivity index (χ1v) is 7.24. The molecule has 1 aromatic rings. The average Bonchev–Trinajstić information content (AvgIpc) is 2.71. The molecule has 2 rings (SSSR count). The fourth-order valence-corrected chi connectivity index (χ4v) is 3.44. The zero-order valence-electron chi connectivity index (χ0n) is 10.6. The third-order valence-electron chi connectivity index (χ3n) is 2.97. The summed E-state index contributed by atoms with van der Waals surface area (Å²) in [5.74, 6) is 0. The van der Waals surface area contributed by atoms with Crippen molar-refractivity contribution in [2.75, 3.05) is 19.7 Å². The summed E-state index contributed by atoms with van der Waals surface area (Å²) in [5, 5.41) is 4.18. The van der Waals surface area contributed by atoms with Crippen LogP contribution in [-0.4, -0.2) is 31.1 Å². The molecule has 0 saturated carbocycles. The lowest BCUT2D eigenvalue weighted by molar-refractivity contribution is 0.0763. The smallest absolute Gasteiger partial charge is 0.0671 e. The number of hydrogen-bond donors (Lipinski definition) is 1. The van der Waals surface area contributed by atoms with Crippen molar-refractivity contribution in [3.05, 3.63) is 29.8 Å². The summed E-state index contributed by atoms with van der Waals surface area (Å²) in [4.78, 5) is 1.46. The second-order valence-electron chi connectivity index (χ2n) is 4.48. The van der Waals surface area contributed by atoms with E-state index in [-0.39, 0.29) is 0 Å². The highest BCUT2D eigenvalue weighted by Crippen LogP contribution is 2.36. The van der Waals surface area contributed by atoms with Crippen molar-refractivity contribution in [3.8, 4) is 0 Å². The van der Waals surface area contributed by atoms with E-state index >= 15 is 0 Å². The van der Waals surface area contributed by atoms with Crippen molar-refractivity contribution < 1.29 is 4.74 Å². The molecule has 2 atom stereocenters. The van der Waals surface area contributed by atoms with E-state index in [4.69, 9.17) is 4.74 Å². The molecule has 2 nitrogen and oxygen atoms in total. The monoisotopic (exact) mass is 251 g/mol. The highest BCUT2D eigenvalue weighted by molar-refractivity contribution is 8.00. The van der Waals surface area contributed by atoms with E-state index in [0.717, 1.165) is 19.7 Å². The molecule has 1 heterocycles. The highest BCUT2D eigenvalue weighted by Gasteiger charge is 2.21. The van der Waals surface area contributed by atoms with Crippen molar-refractivity contribution in [1.29, 1.82) is 0 Å². The maximum Gasteiger partial charge on any atom is 0.0671 e. The standard InChI is InChI=1S/C14H21NOS/c1-3-16-11(2)9-15-10-13-8-12-6-4-5-7-14(12)17-13/h4-7,11,13,15H,3,8-10H2,1-2H3. The quantitative estimate of drug-likeness (QED) is 0.840. The molecule has 94 valence electrons. The molecule has 1 N–H and O–H groups in total. The van der Waals surface area contributed by atoms with Gasteiger partial charge in [-0.15, -0.1) is 11.8 Å². The first-order valence-electron chi connectivity index (χ1n) is 6.36. The summed E-state index contributed by atoms with van der Waals surface area (Å²) in [6.07, 6.45) is 1.51. The molecular weight excluding hydrogens is 230 g/mol. The van der Waals surface area contributed by atoms with Crippen LogP contribution in [0.2, 0.25) is 0 Å². The Labute approximate surface area is 108 Å². The predicted molar refractivity (Wildman–Crippen MR) is 73.7 cm³/mol. The lowest BCUT2D eigenvalue weighted by Crippen LogP contribution is -2.32. The van der Waals surface area contributed by atoms with Crippen LogP contribution >= 0.6 is 11.8 Å². The van der Waals surface area contributed by atoms with Gasteiger partial charge >= 0.3 is 0 Å². The molecule has 0 saturated heterocycles. The SMILES string of the molecule is CCOC(C)CNCC1Cc2ccccc2S1. The highest BCUT2D eigenvalue weighted by atomic mass is 32.2. The van der Waals surface area contributed by atoms with E-state index in [9.17, 15) is 0 Å². The summed E-state index contributed by atoms with van der Waals surface area (Å²) < 4.78 is 5.50. The van der Waals surface area contributed by atoms with Gasteiger partial charge in [-0.3, -0.25) is 0 Å². The molecule has 2 unspecified atom stereocenters. The van der Waals surface area contributed by atoms with Gasteiger partial charge in [0, 0.05) is 29.8 Å². The predicted octanol–water partition coefficient (Wildman–Crippen LogP) is 2.72. The Balaban J connectivity index is 1.70. The fraction of sp³-hybridized carbons (Fsp3) is 0.571. The van der Waals surface area contributed by atoms with Gasteiger partial charge in [-0.2, -0.15) is 0 Å². The molecule has 1 aliphatic heterocycles. The Morgan fingerprint density at radius 2 is 2.29 bits per heavy atom. The van der Waals surface area contributed by atoms with E-state index in [1.165, 1.54) is 16.9 Å². The maximum atomic E-state index is 5.50. The molecule has 0 fully saturated rings. The Hall–Kier alpha value is -0.510. The van der Waals surface area contributed by atoms with Crippen LogP contribution in [0.15, 0.2) is 29.2 Å². The van der Waals surface area contributed by atoms with Gasteiger partial charge < -0.3 is 10.1 Å².